The van der Waals surface area contributed by atoms with Crippen molar-refractivity contribution in [2.24, 2.45) is 0 Å². The molecule has 3 heteroatoms. The molecule has 0 N–H and O–H groups in total. The Balaban J connectivity index is 2.23. The van der Waals surface area contributed by atoms with Gasteiger partial charge in [-0.25, -0.2) is 4.98 Å². The Bertz CT molecular complexity index is 725. The Morgan fingerprint density at radius 3 is 2.53 bits per heavy atom. The molecule has 0 unspecified atom stereocenters. The lowest BCUT2D eigenvalue weighted by molar-refractivity contribution is 0.415. The van der Waals surface area contributed by atoms with Gasteiger partial charge >= 0.3 is 0 Å². The molecule has 0 spiro atoms. The molecule has 0 fully saturated rings. The van der Waals surface area contributed by atoms with Gasteiger partial charge in [-0.2, -0.15) is 0 Å². The first-order valence-electron chi connectivity index (χ1n) is 5.97. The van der Waals surface area contributed by atoms with Crippen LogP contribution >= 0.6 is 11.6 Å². The SMILES string of the molecule is COc1ccc2cc(Cl)c(-c3ccccc3)nc2c1. The minimum Gasteiger partial charge on any atom is -0.497 e. The van der Waals surface area contributed by atoms with Crippen LogP contribution in [0.4, 0.5) is 0 Å². The molecule has 1 aromatic heterocycles. The Kier molecular flexibility index (Phi) is 3.10. The highest BCUT2D eigenvalue weighted by molar-refractivity contribution is 6.33. The van der Waals surface area contributed by atoms with Crippen molar-refractivity contribution in [3.8, 4) is 17.0 Å². The zero-order valence-corrected chi connectivity index (χ0v) is 11.2. The second-order valence-electron chi connectivity index (χ2n) is 4.24. The van der Waals surface area contributed by atoms with E-state index in [0.29, 0.717) is 5.02 Å². The van der Waals surface area contributed by atoms with Crippen LogP contribution in [0, 0.1) is 0 Å². The number of methoxy groups -OCH3 is 1. The molecule has 0 aliphatic rings. The Morgan fingerprint density at radius 1 is 1.00 bits per heavy atom. The largest absolute Gasteiger partial charge is 0.497 e. The zero-order valence-electron chi connectivity index (χ0n) is 10.4. The average molecular weight is 270 g/mol. The molecule has 3 aromatic rings. The van der Waals surface area contributed by atoms with Crippen molar-refractivity contribution in [3.63, 3.8) is 0 Å². The van der Waals surface area contributed by atoms with E-state index >= 15 is 0 Å². The number of pyridine rings is 1. The van der Waals surface area contributed by atoms with Crippen molar-refractivity contribution in [1.82, 2.24) is 4.98 Å². The Morgan fingerprint density at radius 2 is 1.79 bits per heavy atom. The highest BCUT2D eigenvalue weighted by atomic mass is 35.5. The van der Waals surface area contributed by atoms with Gasteiger partial charge in [-0.1, -0.05) is 41.9 Å². The molecular weight excluding hydrogens is 258 g/mol. The molecule has 1 heterocycles. The van der Waals surface area contributed by atoms with E-state index in [2.05, 4.69) is 4.98 Å². The summed E-state index contributed by atoms with van der Waals surface area (Å²) in [6.07, 6.45) is 0. The van der Waals surface area contributed by atoms with Gasteiger partial charge in [-0.15, -0.1) is 0 Å². The maximum absolute atomic E-state index is 6.32. The van der Waals surface area contributed by atoms with E-state index in [1.165, 1.54) is 0 Å². The molecule has 0 amide bonds. The number of hydrogen-bond acceptors (Lipinski definition) is 2. The van der Waals surface area contributed by atoms with Gasteiger partial charge in [0.2, 0.25) is 0 Å². The number of rotatable bonds is 2. The van der Waals surface area contributed by atoms with E-state index < -0.39 is 0 Å². The molecule has 3 rings (SSSR count). The highest BCUT2D eigenvalue weighted by Gasteiger charge is 2.08. The third-order valence-corrected chi connectivity index (χ3v) is 3.31. The minimum absolute atomic E-state index is 0.656. The number of halogens is 1. The maximum Gasteiger partial charge on any atom is 0.121 e. The van der Waals surface area contributed by atoms with Crippen LogP contribution in [0.15, 0.2) is 54.6 Å². The molecule has 2 aromatic carbocycles. The Hall–Kier alpha value is -2.06. The first kappa shape index (κ1) is 12.0. The second-order valence-corrected chi connectivity index (χ2v) is 4.65. The normalized spacial score (nSPS) is 10.6. The summed E-state index contributed by atoms with van der Waals surface area (Å²) in [6, 6.07) is 17.6. The molecule has 0 saturated carbocycles. The third-order valence-electron chi connectivity index (χ3n) is 3.03. The van der Waals surface area contributed by atoms with E-state index in [0.717, 1.165) is 27.9 Å². The van der Waals surface area contributed by atoms with Crippen LogP contribution in [-0.2, 0) is 0 Å². The van der Waals surface area contributed by atoms with Crippen molar-refractivity contribution in [2.75, 3.05) is 7.11 Å². The van der Waals surface area contributed by atoms with Gasteiger partial charge < -0.3 is 4.74 Å². The van der Waals surface area contributed by atoms with Crippen LogP contribution in [-0.4, -0.2) is 12.1 Å². The molecule has 0 radical (unpaired) electrons. The lowest BCUT2D eigenvalue weighted by Gasteiger charge is -2.07. The summed E-state index contributed by atoms with van der Waals surface area (Å²) in [7, 11) is 1.65. The van der Waals surface area contributed by atoms with Crippen molar-refractivity contribution in [2.45, 2.75) is 0 Å². The molecule has 0 bridgehead atoms. The van der Waals surface area contributed by atoms with Gasteiger partial charge in [0.25, 0.3) is 0 Å². The van der Waals surface area contributed by atoms with Gasteiger partial charge in [0.1, 0.15) is 5.75 Å². The maximum atomic E-state index is 6.32. The summed E-state index contributed by atoms with van der Waals surface area (Å²) < 4.78 is 5.23. The topological polar surface area (TPSA) is 22.1 Å². The number of nitrogens with zero attached hydrogens (tertiary/aromatic N) is 1. The first-order chi connectivity index (χ1) is 9.28. The van der Waals surface area contributed by atoms with Crippen molar-refractivity contribution >= 4 is 22.5 Å². The summed E-state index contributed by atoms with van der Waals surface area (Å²) in [5.41, 5.74) is 2.68. The lowest BCUT2D eigenvalue weighted by Crippen LogP contribution is -1.89. The molecule has 19 heavy (non-hydrogen) atoms. The molecular formula is C16H12ClNO. The minimum atomic E-state index is 0.656. The van der Waals surface area contributed by atoms with E-state index in [1.54, 1.807) is 7.11 Å². The quantitative estimate of drug-likeness (QED) is 0.680. The molecule has 0 saturated heterocycles. The van der Waals surface area contributed by atoms with Crippen LogP contribution in [0.5, 0.6) is 5.75 Å². The molecule has 0 atom stereocenters. The average Bonchev–Trinajstić information content (AvgIpc) is 2.47. The number of aromatic nitrogens is 1. The highest BCUT2D eigenvalue weighted by Crippen LogP contribution is 2.30. The lowest BCUT2D eigenvalue weighted by atomic mass is 10.1. The summed E-state index contributed by atoms with van der Waals surface area (Å²) in [4.78, 5) is 4.64. The predicted molar refractivity (Wildman–Crippen MR) is 78.7 cm³/mol. The first-order valence-corrected chi connectivity index (χ1v) is 6.35. The van der Waals surface area contributed by atoms with Gasteiger partial charge in [0.15, 0.2) is 0 Å². The number of fused-ring (bicyclic) bond motifs is 1. The number of hydrogen-bond donors (Lipinski definition) is 0. The predicted octanol–water partition coefficient (Wildman–Crippen LogP) is 4.56. The molecule has 2 nitrogen and oxygen atoms in total. The van der Waals surface area contributed by atoms with Crippen LogP contribution in [0.3, 0.4) is 0 Å². The van der Waals surface area contributed by atoms with E-state index in [1.807, 2.05) is 54.6 Å². The number of benzene rings is 2. The van der Waals surface area contributed by atoms with Crippen molar-refractivity contribution < 1.29 is 4.74 Å². The van der Waals surface area contributed by atoms with E-state index in [4.69, 9.17) is 16.3 Å². The van der Waals surface area contributed by atoms with Crippen LogP contribution in [0.1, 0.15) is 0 Å². The van der Waals surface area contributed by atoms with Crippen molar-refractivity contribution in [3.05, 3.63) is 59.6 Å². The van der Waals surface area contributed by atoms with Gasteiger partial charge in [0, 0.05) is 17.0 Å². The third kappa shape index (κ3) is 2.27. The summed E-state index contributed by atoms with van der Waals surface area (Å²) in [5.74, 6) is 0.793. The monoisotopic (exact) mass is 269 g/mol. The van der Waals surface area contributed by atoms with Gasteiger partial charge in [0.05, 0.1) is 23.3 Å². The van der Waals surface area contributed by atoms with E-state index in [9.17, 15) is 0 Å². The van der Waals surface area contributed by atoms with E-state index in [-0.39, 0.29) is 0 Å². The van der Waals surface area contributed by atoms with Crippen LogP contribution in [0.2, 0.25) is 5.02 Å². The summed E-state index contributed by atoms with van der Waals surface area (Å²) in [6.45, 7) is 0. The smallest absolute Gasteiger partial charge is 0.121 e. The fourth-order valence-electron chi connectivity index (χ4n) is 2.05. The van der Waals surface area contributed by atoms with Gasteiger partial charge in [-0.3, -0.25) is 0 Å². The fraction of sp³-hybridized carbons (Fsp3) is 0.0625. The molecule has 0 aliphatic heterocycles. The second kappa shape index (κ2) is 4.90. The molecule has 94 valence electrons. The Labute approximate surface area is 116 Å². The van der Waals surface area contributed by atoms with Gasteiger partial charge in [-0.05, 0) is 18.2 Å². The molecule has 0 aliphatic carbocycles. The summed E-state index contributed by atoms with van der Waals surface area (Å²) in [5, 5.41) is 1.66. The number of ether oxygens (including phenoxy) is 1. The zero-order chi connectivity index (χ0) is 13.2. The summed E-state index contributed by atoms with van der Waals surface area (Å²) >= 11 is 6.32. The van der Waals surface area contributed by atoms with Crippen LogP contribution < -0.4 is 4.74 Å². The van der Waals surface area contributed by atoms with Crippen LogP contribution in [0.25, 0.3) is 22.2 Å². The fourth-order valence-corrected chi connectivity index (χ4v) is 2.32. The standard InChI is InChI=1S/C16H12ClNO/c1-19-13-8-7-12-9-14(17)16(18-15(12)10-13)11-5-3-2-4-6-11/h2-10H,1H3. The van der Waals surface area contributed by atoms with Crippen molar-refractivity contribution in [1.29, 1.82) is 0 Å².